The van der Waals surface area contributed by atoms with Gasteiger partial charge in [0, 0.05) is 19.5 Å². The summed E-state index contributed by atoms with van der Waals surface area (Å²) in [6, 6.07) is 15.8. The Balaban J connectivity index is 1.71. The molecule has 9 heteroatoms. The summed E-state index contributed by atoms with van der Waals surface area (Å²) in [4.78, 5) is 19.3. The number of benzene rings is 2. The van der Waals surface area contributed by atoms with Crippen molar-refractivity contribution < 1.29 is 13.2 Å². The molecule has 1 aliphatic rings. The van der Waals surface area contributed by atoms with Gasteiger partial charge in [-0.3, -0.25) is 4.79 Å². The molecule has 1 aliphatic heterocycles. The average molecular weight is 426 g/mol. The van der Waals surface area contributed by atoms with Gasteiger partial charge in [-0.2, -0.15) is 0 Å². The first kappa shape index (κ1) is 20.2. The maximum absolute atomic E-state index is 12.9. The lowest BCUT2D eigenvalue weighted by atomic mass is 10.1. The van der Waals surface area contributed by atoms with Gasteiger partial charge in [0.25, 0.3) is 5.91 Å². The van der Waals surface area contributed by atoms with Crippen molar-refractivity contribution in [1.29, 1.82) is 0 Å². The van der Waals surface area contributed by atoms with Crippen molar-refractivity contribution in [3.8, 4) is 5.69 Å². The number of likely N-dealkylation sites (tertiary alicyclic amines) is 1. The number of rotatable bonds is 5. The molecule has 156 valence electrons. The second-order valence-corrected chi connectivity index (χ2v) is 8.88. The molecule has 0 unspecified atom stereocenters. The number of sulfonamides is 1. The van der Waals surface area contributed by atoms with Crippen molar-refractivity contribution in [2.24, 2.45) is 5.14 Å². The van der Waals surface area contributed by atoms with Gasteiger partial charge in [0.1, 0.15) is 5.82 Å². The standard InChI is InChI=1S/C21H23N5O3S/c22-30(28,29)18-11-9-17(10-12-18)26-19(15-16-7-3-1-4-8-16)23-20(24-26)21(27)25-13-5-2-6-14-25/h1,3-4,7-12H,2,5-6,13-15H2,(H2,22,28,29). The zero-order chi connectivity index (χ0) is 21.1. The molecule has 2 N–H and O–H groups in total. The number of nitrogens with two attached hydrogens (primary N) is 1. The Bertz CT molecular complexity index is 1140. The van der Waals surface area contributed by atoms with Crippen LogP contribution in [0.25, 0.3) is 5.69 Å². The molecule has 1 fully saturated rings. The van der Waals surface area contributed by atoms with Gasteiger partial charge < -0.3 is 4.90 Å². The Hall–Kier alpha value is -3.04. The topological polar surface area (TPSA) is 111 Å². The van der Waals surface area contributed by atoms with E-state index >= 15 is 0 Å². The zero-order valence-corrected chi connectivity index (χ0v) is 17.3. The highest BCUT2D eigenvalue weighted by molar-refractivity contribution is 7.89. The van der Waals surface area contributed by atoms with Crippen LogP contribution in [0.5, 0.6) is 0 Å². The molecule has 0 aliphatic carbocycles. The summed E-state index contributed by atoms with van der Waals surface area (Å²) >= 11 is 0. The Morgan fingerprint density at radius 3 is 2.27 bits per heavy atom. The van der Waals surface area contributed by atoms with Crippen molar-refractivity contribution in [2.45, 2.75) is 30.6 Å². The SMILES string of the molecule is NS(=O)(=O)c1ccc(-n2nc(C(=O)N3CCCCC3)nc2Cc2ccccc2)cc1. The van der Waals surface area contributed by atoms with Gasteiger partial charge in [-0.1, -0.05) is 30.3 Å². The van der Waals surface area contributed by atoms with Crippen molar-refractivity contribution in [2.75, 3.05) is 13.1 Å². The number of piperidine rings is 1. The second-order valence-electron chi connectivity index (χ2n) is 7.32. The quantitative estimate of drug-likeness (QED) is 0.673. The van der Waals surface area contributed by atoms with Crippen LogP contribution in [0.15, 0.2) is 59.5 Å². The van der Waals surface area contributed by atoms with Gasteiger partial charge in [0.05, 0.1) is 10.6 Å². The molecule has 3 aromatic rings. The number of aromatic nitrogens is 3. The summed E-state index contributed by atoms with van der Waals surface area (Å²) in [5.74, 6) is 0.576. The van der Waals surface area contributed by atoms with Crippen molar-refractivity contribution in [1.82, 2.24) is 19.7 Å². The Morgan fingerprint density at radius 2 is 1.63 bits per heavy atom. The average Bonchev–Trinajstić information content (AvgIpc) is 3.18. The van der Waals surface area contributed by atoms with E-state index in [2.05, 4.69) is 10.1 Å². The fourth-order valence-corrected chi connectivity index (χ4v) is 4.07. The van der Waals surface area contributed by atoms with Gasteiger partial charge >= 0.3 is 0 Å². The molecular weight excluding hydrogens is 402 g/mol. The molecule has 0 saturated carbocycles. The van der Waals surface area contributed by atoms with Gasteiger partial charge in [0.15, 0.2) is 0 Å². The third kappa shape index (κ3) is 4.42. The second kappa shape index (κ2) is 8.37. The molecule has 0 spiro atoms. The largest absolute Gasteiger partial charge is 0.336 e. The van der Waals surface area contributed by atoms with Gasteiger partial charge in [-0.15, -0.1) is 5.10 Å². The highest BCUT2D eigenvalue weighted by Crippen LogP contribution is 2.18. The number of primary sulfonamides is 1. The lowest BCUT2D eigenvalue weighted by Crippen LogP contribution is -2.36. The van der Waals surface area contributed by atoms with Crippen LogP contribution in [-0.4, -0.2) is 47.1 Å². The van der Waals surface area contributed by atoms with E-state index in [4.69, 9.17) is 5.14 Å². The molecule has 0 radical (unpaired) electrons. The molecule has 2 aromatic carbocycles. The minimum atomic E-state index is -3.79. The van der Waals surface area contributed by atoms with E-state index in [1.54, 1.807) is 21.7 Å². The number of nitrogens with zero attached hydrogens (tertiary/aromatic N) is 4. The summed E-state index contributed by atoms with van der Waals surface area (Å²) in [7, 11) is -3.79. The first-order valence-electron chi connectivity index (χ1n) is 9.84. The van der Waals surface area contributed by atoms with Crippen molar-refractivity contribution in [3.63, 3.8) is 0 Å². The molecule has 8 nitrogen and oxygen atoms in total. The van der Waals surface area contributed by atoms with E-state index in [1.165, 1.54) is 12.1 Å². The van der Waals surface area contributed by atoms with E-state index in [-0.39, 0.29) is 16.6 Å². The minimum absolute atomic E-state index is 0.0144. The summed E-state index contributed by atoms with van der Waals surface area (Å²) < 4.78 is 24.7. The lowest BCUT2D eigenvalue weighted by Gasteiger charge is -2.25. The zero-order valence-electron chi connectivity index (χ0n) is 16.4. The van der Waals surface area contributed by atoms with Gasteiger partial charge in [-0.25, -0.2) is 23.2 Å². The summed E-state index contributed by atoms with van der Waals surface area (Å²) in [6.07, 6.45) is 3.58. The molecular formula is C21H23N5O3S. The van der Waals surface area contributed by atoms with Crippen LogP contribution in [0, 0.1) is 0 Å². The first-order valence-corrected chi connectivity index (χ1v) is 11.4. The van der Waals surface area contributed by atoms with Crippen LogP contribution in [0.3, 0.4) is 0 Å². The van der Waals surface area contributed by atoms with Crippen molar-refractivity contribution >= 4 is 15.9 Å². The number of hydrogen-bond acceptors (Lipinski definition) is 5. The van der Waals surface area contributed by atoms with E-state index < -0.39 is 10.0 Å². The van der Waals surface area contributed by atoms with E-state index in [0.29, 0.717) is 31.0 Å². The third-order valence-electron chi connectivity index (χ3n) is 5.12. The Labute approximate surface area is 175 Å². The van der Waals surface area contributed by atoms with Gasteiger partial charge in [-0.05, 0) is 49.1 Å². The lowest BCUT2D eigenvalue weighted by molar-refractivity contribution is 0.0712. The minimum Gasteiger partial charge on any atom is -0.336 e. The number of hydrogen-bond donors (Lipinski definition) is 1. The number of amides is 1. The van der Waals surface area contributed by atoms with Gasteiger partial charge in [0.2, 0.25) is 15.8 Å². The van der Waals surface area contributed by atoms with Crippen molar-refractivity contribution in [3.05, 3.63) is 71.8 Å². The summed E-state index contributed by atoms with van der Waals surface area (Å²) in [5.41, 5.74) is 1.64. The fraction of sp³-hybridized carbons (Fsp3) is 0.286. The number of carbonyl (C=O) groups is 1. The normalized spacial score (nSPS) is 14.6. The van der Waals surface area contributed by atoms with Crippen LogP contribution in [0.2, 0.25) is 0 Å². The molecule has 30 heavy (non-hydrogen) atoms. The predicted molar refractivity (Wildman–Crippen MR) is 112 cm³/mol. The molecule has 1 amide bonds. The van der Waals surface area contributed by atoms with Crippen LogP contribution in [-0.2, 0) is 16.4 Å². The monoisotopic (exact) mass is 425 g/mol. The molecule has 1 saturated heterocycles. The first-order chi connectivity index (χ1) is 14.4. The van der Waals surface area contributed by atoms with Crippen LogP contribution in [0.4, 0.5) is 0 Å². The van der Waals surface area contributed by atoms with Crippen LogP contribution in [0.1, 0.15) is 41.3 Å². The Kier molecular flexibility index (Phi) is 5.65. The molecule has 0 bridgehead atoms. The van der Waals surface area contributed by atoms with E-state index in [0.717, 1.165) is 24.8 Å². The fourth-order valence-electron chi connectivity index (χ4n) is 3.55. The van der Waals surface area contributed by atoms with Crippen LogP contribution < -0.4 is 5.14 Å². The van der Waals surface area contributed by atoms with E-state index in [1.807, 2.05) is 30.3 Å². The summed E-state index contributed by atoms with van der Waals surface area (Å²) in [6.45, 7) is 1.43. The maximum atomic E-state index is 12.9. The van der Waals surface area contributed by atoms with E-state index in [9.17, 15) is 13.2 Å². The summed E-state index contributed by atoms with van der Waals surface area (Å²) in [5, 5.41) is 9.67. The highest BCUT2D eigenvalue weighted by Gasteiger charge is 2.24. The molecule has 0 atom stereocenters. The van der Waals surface area contributed by atoms with Crippen LogP contribution >= 0.6 is 0 Å². The molecule has 4 rings (SSSR count). The maximum Gasteiger partial charge on any atom is 0.293 e. The molecule has 1 aromatic heterocycles. The Morgan fingerprint density at radius 1 is 0.967 bits per heavy atom. The smallest absolute Gasteiger partial charge is 0.293 e. The predicted octanol–water partition coefficient (Wildman–Crippen LogP) is 2.13. The molecule has 2 heterocycles. The highest BCUT2D eigenvalue weighted by atomic mass is 32.2. The number of carbonyl (C=O) groups excluding carboxylic acids is 1. The third-order valence-corrected chi connectivity index (χ3v) is 6.05.